The molecule has 11 heteroatoms. The Morgan fingerprint density at radius 2 is 1.84 bits per heavy atom. The molecule has 0 saturated heterocycles. The Morgan fingerprint density at radius 3 is 2.51 bits per heavy atom. The molecule has 0 unspecified atom stereocenters. The van der Waals surface area contributed by atoms with Crippen LogP contribution in [0.15, 0.2) is 42.5 Å². The Balaban J connectivity index is 1.45. The van der Waals surface area contributed by atoms with Crippen LogP contribution in [0.2, 0.25) is 5.02 Å². The maximum atomic E-state index is 13.4. The van der Waals surface area contributed by atoms with Crippen LogP contribution in [0, 0.1) is 6.92 Å². The number of fused-ring (bicyclic) bond motifs is 1. The van der Waals surface area contributed by atoms with Gasteiger partial charge >= 0.3 is 0 Å². The number of rotatable bonds is 7. The molecule has 8 nitrogen and oxygen atoms in total. The quantitative estimate of drug-likeness (QED) is 0.405. The lowest BCUT2D eigenvalue weighted by Crippen LogP contribution is -2.41. The minimum absolute atomic E-state index is 0.156. The third-order valence-electron chi connectivity index (χ3n) is 6.72. The number of hydrogen-bond acceptors (Lipinski definition) is 7. The van der Waals surface area contributed by atoms with E-state index < -0.39 is 26.2 Å². The number of ether oxygens (including phenoxy) is 2. The predicted molar refractivity (Wildman–Crippen MR) is 144 cm³/mol. The lowest BCUT2D eigenvalue weighted by molar-refractivity contribution is -0.118. The van der Waals surface area contributed by atoms with Crippen LogP contribution in [-0.4, -0.2) is 30.8 Å². The van der Waals surface area contributed by atoms with Gasteiger partial charge in [0, 0.05) is 5.02 Å². The van der Waals surface area contributed by atoms with Crippen LogP contribution in [-0.2, 0) is 20.2 Å². The number of thiazole rings is 1. The van der Waals surface area contributed by atoms with Gasteiger partial charge in [-0.05, 0) is 69.9 Å². The summed E-state index contributed by atoms with van der Waals surface area (Å²) in [6.07, 6.45) is 1.42. The molecule has 3 aromatic rings. The highest BCUT2D eigenvalue weighted by Crippen LogP contribution is 2.51. The molecule has 2 heterocycles. The van der Waals surface area contributed by atoms with E-state index in [4.69, 9.17) is 21.1 Å². The molecule has 1 atom stereocenters. The fourth-order valence-corrected chi connectivity index (χ4v) is 6.47. The second-order valence-corrected chi connectivity index (χ2v) is 14.2. The van der Waals surface area contributed by atoms with E-state index in [-0.39, 0.29) is 12.7 Å². The number of nitrogens with zero attached hydrogens (tertiary/aromatic N) is 1. The maximum absolute atomic E-state index is 13.4. The molecule has 1 aliphatic heterocycles. The molecule has 1 saturated carbocycles. The topological polar surface area (TPSA) is 107 Å². The minimum Gasteiger partial charge on any atom is -0.454 e. The van der Waals surface area contributed by atoms with E-state index in [1.165, 1.54) is 11.3 Å². The number of aryl methyl sites for hydroxylation is 1. The molecule has 2 aromatic carbocycles. The number of hydrogen-bond donors (Lipinski definition) is 2. The van der Waals surface area contributed by atoms with Gasteiger partial charge in [-0.3, -0.25) is 4.79 Å². The highest BCUT2D eigenvalue weighted by molar-refractivity contribution is 7.90. The summed E-state index contributed by atoms with van der Waals surface area (Å²) in [7, 11) is -3.73. The highest BCUT2D eigenvalue weighted by atomic mass is 35.5. The average Bonchev–Trinajstić information content (AvgIpc) is 3.37. The van der Waals surface area contributed by atoms with Crippen molar-refractivity contribution in [2.24, 2.45) is 0 Å². The third kappa shape index (κ3) is 4.83. The molecule has 0 radical (unpaired) electrons. The van der Waals surface area contributed by atoms with E-state index in [1.54, 1.807) is 52.0 Å². The van der Waals surface area contributed by atoms with Crippen molar-refractivity contribution in [3.8, 4) is 11.5 Å². The van der Waals surface area contributed by atoms with Crippen molar-refractivity contribution in [2.45, 2.75) is 56.7 Å². The number of carbonyl (C=O) groups excluding carboxylic acids is 1. The predicted octanol–water partition coefficient (Wildman–Crippen LogP) is 5.31. The summed E-state index contributed by atoms with van der Waals surface area (Å²) in [5.74, 6) is 1.15. The van der Waals surface area contributed by atoms with Crippen LogP contribution in [0.25, 0.3) is 0 Å². The van der Waals surface area contributed by atoms with Crippen LogP contribution in [0.4, 0.5) is 5.13 Å². The van der Waals surface area contributed by atoms with Crippen LogP contribution in [0.1, 0.15) is 61.4 Å². The summed E-state index contributed by atoms with van der Waals surface area (Å²) in [6.45, 7) is 6.87. The molecule has 2 aliphatic rings. The van der Waals surface area contributed by atoms with E-state index in [2.05, 4.69) is 15.0 Å². The third-order valence-corrected chi connectivity index (χ3v) is 10.4. The number of halogens is 1. The number of benzene rings is 2. The molecule has 1 amide bonds. The number of amides is 1. The zero-order chi connectivity index (χ0) is 26.6. The lowest BCUT2D eigenvalue weighted by atomic mass is 9.94. The molecule has 1 aliphatic carbocycles. The van der Waals surface area contributed by atoms with Gasteiger partial charge in [-0.2, -0.15) is 0 Å². The van der Waals surface area contributed by atoms with Crippen LogP contribution in [0.5, 0.6) is 11.5 Å². The second-order valence-electron chi connectivity index (χ2n) is 10.3. The SMILES string of the molecule is Cc1nc(NC(=O)C2(c3ccc4c(c3)OCO4)CC2)sc1[C@@H](NS(=O)(=O)C(C)(C)C)c1ccccc1Cl. The Labute approximate surface area is 225 Å². The highest BCUT2D eigenvalue weighted by Gasteiger charge is 2.52. The van der Waals surface area contributed by atoms with E-state index in [9.17, 15) is 13.2 Å². The summed E-state index contributed by atoms with van der Waals surface area (Å²) in [5, 5.41) is 3.80. The number of nitrogens with one attached hydrogen (secondary N) is 2. The lowest BCUT2D eigenvalue weighted by Gasteiger charge is -2.26. The van der Waals surface area contributed by atoms with Crippen molar-refractivity contribution >= 4 is 44.0 Å². The average molecular weight is 562 g/mol. The van der Waals surface area contributed by atoms with Crippen molar-refractivity contribution in [2.75, 3.05) is 12.1 Å². The summed E-state index contributed by atoms with van der Waals surface area (Å²) in [6, 6.07) is 11.9. The number of anilines is 1. The fraction of sp³-hybridized carbons (Fsp3) is 0.385. The second kappa shape index (κ2) is 9.27. The van der Waals surface area contributed by atoms with Crippen molar-refractivity contribution in [3.63, 3.8) is 0 Å². The van der Waals surface area contributed by atoms with Gasteiger partial charge < -0.3 is 14.8 Å². The molecule has 37 heavy (non-hydrogen) atoms. The first-order valence-corrected chi connectivity index (χ1v) is 14.5. The molecule has 196 valence electrons. The number of sulfonamides is 1. The van der Waals surface area contributed by atoms with Gasteiger partial charge in [-0.15, -0.1) is 0 Å². The van der Waals surface area contributed by atoms with Crippen LogP contribution in [0.3, 0.4) is 0 Å². The maximum Gasteiger partial charge on any atom is 0.236 e. The van der Waals surface area contributed by atoms with E-state index in [0.717, 1.165) is 5.56 Å². The van der Waals surface area contributed by atoms with E-state index >= 15 is 0 Å². The van der Waals surface area contributed by atoms with Crippen molar-refractivity contribution in [3.05, 3.63) is 69.2 Å². The molecule has 5 rings (SSSR count). The minimum atomic E-state index is -3.73. The molecular formula is C26H28ClN3O5S2. The first-order chi connectivity index (χ1) is 17.4. The molecule has 2 N–H and O–H groups in total. The van der Waals surface area contributed by atoms with Gasteiger partial charge in [-0.25, -0.2) is 18.1 Å². The summed E-state index contributed by atoms with van der Waals surface area (Å²) >= 11 is 7.73. The molecule has 1 aromatic heterocycles. The summed E-state index contributed by atoms with van der Waals surface area (Å²) in [5.41, 5.74) is 1.43. The first kappa shape index (κ1) is 26.0. The van der Waals surface area contributed by atoms with E-state index in [0.29, 0.717) is 50.6 Å². The van der Waals surface area contributed by atoms with E-state index in [1.807, 2.05) is 18.2 Å². The van der Waals surface area contributed by atoms with Crippen molar-refractivity contribution < 1.29 is 22.7 Å². The molecular weight excluding hydrogens is 534 g/mol. The summed E-state index contributed by atoms with van der Waals surface area (Å²) in [4.78, 5) is 18.7. The zero-order valence-corrected chi connectivity index (χ0v) is 23.3. The molecule has 0 spiro atoms. The zero-order valence-electron chi connectivity index (χ0n) is 20.9. The van der Waals surface area contributed by atoms with Gasteiger partial charge in [0.25, 0.3) is 0 Å². The standard InChI is InChI=1S/C26H28ClN3O5S2/c1-15-22(21(17-7-5-6-8-18(17)27)30-37(32,33)25(2,3)4)36-24(28-15)29-23(31)26(11-12-26)16-9-10-19-20(13-16)35-14-34-19/h5-10,13,21,30H,11-12,14H2,1-4H3,(H,28,29,31)/t21-/m0/s1. The van der Waals surface area contributed by atoms with Crippen molar-refractivity contribution in [1.29, 1.82) is 0 Å². The van der Waals surface area contributed by atoms with Gasteiger partial charge in [0.1, 0.15) is 0 Å². The number of carbonyl (C=O) groups is 1. The molecule has 1 fully saturated rings. The monoisotopic (exact) mass is 561 g/mol. The van der Waals surface area contributed by atoms with Gasteiger partial charge in [0.2, 0.25) is 22.7 Å². The molecule has 0 bridgehead atoms. The van der Waals surface area contributed by atoms with Crippen LogP contribution >= 0.6 is 22.9 Å². The fourth-order valence-electron chi connectivity index (χ4n) is 4.21. The Bertz CT molecular complexity index is 1480. The Hall–Kier alpha value is -2.66. The Morgan fingerprint density at radius 1 is 1.14 bits per heavy atom. The Kier molecular flexibility index (Phi) is 6.50. The van der Waals surface area contributed by atoms with Crippen molar-refractivity contribution in [1.82, 2.24) is 9.71 Å². The largest absolute Gasteiger partial charge is 0.454 e. The van der Waals surface area contributed by atoms with Crippen LogP contribution < -0.4 is 19.5 Å². The van der Waals surface area contributed by atoms with Gasteiger partial charge in [0.15, 0.2) is 16.6 Å². The van der Waals surface area contributed by atoms with Gasteiger partial charge in [-0.1, -0.05) is 47.2 Å². The number of aromatic nitrogens is 1. The summed E-state index contributed by atoms with van der Waals surface area (Å²) < 4.78 is 38.9. The van der Waals surface area contributed by atoms with Gasteiger partial charge in [0.05, 0.1) is 26.8 Å². The first-order valence-electron chi connectivity index (χ1n) is 11.9. The smallest absolute Gasteiger partial charge is 0.236 e. The normalized spacial score (nSPS) is 16.9.